The molecule has 0 saturated carbocycles. The number of benzene rings is 2. The Morgan fingerprint density at radius 3 is 2.31 bits per heavy atom. The Bertz CT molecular complexity index is 993. The highest BCUT2D eigenvalue weighted by atomic mass is 16.5. The van der Waals surface area contributed by atoms with E-state index in [9.17, 15) is 19.5 Å². The second-order valence-electron chi connectivity index (χ2n) is 8.96. The molecule has 186 valence electrons. The number of rotatable bonds is 7. The maximum absolute atomic E-state index is 13.2. The van der Waals surface area contributed by atoms with E-state index in [1.54, 1.807) is 6.92 Å². The fraction of sp³-hybridized carbons (Fsp3) is 0.393. The fourth-order valence-corrected chi connectivity index (χ4v) is 4.04. The molecule has 0 aromatic heterocycles. The van der Waals surface area contributed by atoms with Gasteiger partial charge >= 0.3 is 5.97 Å². The van der Waals surface area contributed by atoms with Gasteiger partial charge in [-0.3, -0.25) is 14.4 Å². The number of hydrogen-bond acceptors (Lipinski definition) is 5. The average Bonchev–Trinajstić information content (AvgIpc) is 2.87. The van der Waals surface area contributed by atoms with Gasteiger partial charge < -0.3 is 20.5 Å². The average molecular weight is 479 g/mol. The van der Waals surface area contributed by atoms with Crippen molar-refractivity contribution in [3.05, 3.63) is 83.9 Å². The quantitative estimate of drug-likeness (QED) is 0.419. The summed E-state index contributed by atoms with van der Waals surface area (Å²) in [6.45, 7) is 1.64. The summed E-state index contributed by atoms with van der Waals surface area (Å²) in [6.07, 6.45) is 4.50. The van der Waals surface area contributed by atoms with Gasteiger partial charge in [-0.1, -0.05) is 72.8 Å². The normalized spacial score (nSPS) is 22.2. The molecule has 0 unspecified atom stereocenters. The van der Waals surface area contributed by atoms with Crippen LogP contribution in [0.1, 0.15) is 43.4 Å². The van der Waals surface area contributed by atoms with Gasteiger partial charge in [0.05, 0.1) is 25.0 Å². The zero-order chi connectivity index (χ0) is 25.0. The molecule has 3 rings (SSSR count). The van der Waals surface area contributed by atoms with Gasteiger partial charge in [-0.05, 0) is 37.3 Å². The van der Waals surface area contributed by atoms with Crippen LogP contribution in [-0.2, 0) is 25.5 Å². The maximum atomic E-state index is 13.2. The van der Waals surface area contributed by atoms with Gasteiger partial charge in [-0.2, -0.15) is 0 Å². The lowest BCUT2D eigenvalue weighted by Gasteiger charge is -2.24. The van der Waals surface area contributed by atoms with Crippen LogP contribution in [0.15, 0.2) is 72.8 Å². The van der Waals surface area contributed by atoms with Crippen molar-refractivity contribution < 1.29 is 24.2 Å². The Hall–Kier alpha value is -3.45. The van der Waals surface area contributed by atoms with E-state index in [0.717, 1.165) is 11.1 Å². The molecular formula is C28H34N2O5. The van der Waals surface area contributed by atoms with E-state index < -0.39 is 12.0 Å². The number of cyclic esters (lactones) is 1. The highest BCUT2D eigenvalue weighted by Crippen LogP contribution is 2.23. The number of esters is 1. The van der Waals surface area contributed by atoms with Crippen LogP contribution in [0.25, 0.3) is 0 Å². The van der Waals surface area contributed by atoms with Crippen LogP contribution in [0.2, 0.25) is 0 Å². The van der Waals surface area contributed by atoms with Gasteiger partial charge in [0.25, 0.3) is 0 Å². The minimum absolute atomic E-state index is 0.00372. The third-order valence-electron chi connectivity index (χ3n) is 6.04. The summed E-state index contributed by atoms with van der Waals surface area (Å²) < 4.78 is 5.93. The van der Waals surface area contributed by atoms with E-state index in [2.05, 4.69) is 10.6 Å². The molecule has 0 saturated heterocycles. The van der Waals surface area contributed by atoms with Crippen molar-refractivity contribution in [1.29, 1.82) is 0 Å². The first-order chi connectivity index (χ1) is 17.0. The monoisotopic (exact) mass is 478 g/mol. The fourth-order valence-electron chi connectivity index (χ4n) is 4.04. The third kappa shape index (κ3) is 8.37. The lowest BCUT2D eigenvalue weighted by atomic mass is 9.94. The van der Waals surface area contributed by atoms with Gasteiger partial charge in [0.15, 0.2) is 0 Å². The predicted molar refractivity (Wildman–Crippen MR) is 133 cm³/mol. The van der Waals surface area contributed by atoms with Crippen molar-refractivity contribution in [2.45, 2.75) is 44.8 Å². The lowest BCUT2D eigenvalue weighted by molar-refractivity contribution is -0.154. The van der Waals surface area contributed by atoms with Gasteiger partial charge in [0, 0.05) is 12.5 Å². The summed E-state index contributed by atoms with van der Waals surface area (Å²) >= 11 is 0. The molecule has 4 atom stereocenters. The Balaban J connectivity index is 1.81. The number of hydrogen-bond donors (Lipinski definition) is 3. The maximum Gasteiger partial charge on any atom is 0.310 e. The molecule has 0 fully saturated rings. The lowest BCUT2D eigenvalue weighted by Crippen LogP contribution is -2.40. The van der Waals surface area contributed by atoms with E-state index in [0.29, 0.717) is 19.3 Å². The third-order valence-corrected chi connectivity index (χ3v) is 6.04. The number of aliphatic hydroxyl groups excluding tert-OH is 1. The minimum Gasteiger partial charge on any atom is -0.455 e. The first-order valence-corrected chi connectivity index (χ1v) is 12.1. The molecule has 7 heteroatoms. The highest BCUT2D eigenvalue weighted by molar-refractivity contribution is 5.86. The van der Waals surface area contributed by atoms with Crippen molar-refractivity contribution in [2.24, 2.45) is 11.8 Å². The molecule has 0 bridgehead atoms. The highest BCUT2D eigenvalue weighted by Gasteiger charge is 2.27. The Morgan fingerprint density at radius 1 is 1.03 bits per heavy atom. The zero-order valence-corrected chi connectivity index (χ0v) is 20.1. The van der Waals surface area contributed by atoms with Crippen LogP contribution in [-0.4, -0.2) is 42.1 Å². The molecule has 2 aromatic rings. The molecule has 2 aromatic carbocycles. The van der Waals surface area contributed by atoms with Crippen molar-refractivity contribution in [2.75, 3.05) is 13.2 Å². The van der Waals surface area contributed by atoms with Crippen molar-refractivity contribution in [3.63, 3.8) is 0 Å². The molecule has 1 aliphatic heterocycles. The summed E-state index contributed by atoms with van der Waals surface area (Å²) in [5, 5.41) is 14.8. The molecule has 1 heterocycles. The Kier molecular flexibility index (Phi) is 10.0. The van der Waals surface area contributed by atoms with Gasteiger partial charge in [-0.15, -0.1) is 0 Å². The number of nitrogens with one attached hydrogen (secondary N) is 2. The smallest absolute Gasteiger partial charge is 0.310 e. The van der Waals surface area contributed by atoms with Crippen LogP contribution >= 0.6 is 0 Å². The molecule has 7 nitrogen and oxygen atoms in total. The SMILES string of the molecule is C[C@@H](CO)NC(=O)C[C@H]1CC=CC[C@@H](Cc2ccccc2)C(=O)O[C@H](c2ccccc2)CNC1=O. The molecule has 0 radical (unpaired) electrons. The Morgan fingerprint density at radius 2 is 1.66 bits per heavy atom. The van der Waals surface area contributed by atoms with Gasteiger partial charge in [-0.25, -0.2) is 0 Å². The van der Waals surface area contributed by atoms with E-state index in [-0.39, 0.29) is 49.3 Å². The van der Waals surface area contributed by atoms with Crippen LogP contribution in [0, 0.1) is 11.8 Å². The molecule has 35 heavy (non-hydrogen) atoms. The molecule has 2 amide bonds. The molecule has 3 N–H and O–H groups in total. The molecule has 1 aliphatic rings. The standard InChI is InChI=1S/C28H34N2O5/c1-20(19-31)30-26(32)17-23-14-8-9-15-24(16-21-10-4-2-5-11-21)28(34)35-25(18-29-27(23)33)22-12-6-3-7-13-22/h2-13,20,23-25,31H,14-19H2,1H3,(H,29,33)(H,30,32)/t20-,23+,24-,25-/m0/s1. The predicted octanol–water partition coefficient (Wildman–Crippen LogP) is 3.10. The van der Waals surface area contributed by atoms with E-state index in [4.69, 9.17) is 4.74 Å². The number of amides is 2. The van der Waals surface area contributed by atoms with Gasteiger partial charge in [0.2, 0.25) is 11.8 Å². The van der Waals surface area contributed by atoms with Crippen molar-refractivity contribution in [3.8, 4) is 0 Å². The summed E-state index contributed by atoms with van der Waals surface area (Å²) in [4.78, 5) is 38.6. The summed E-state index contributed by atoms with van der Waals surface area (Å²) in [5.41, 5.74) is 1.84. The summed E-state index contributed by atoms with van der Waals surface area (Å²) in [6, 6.07) is 18.8. The molecule has 0 aliphatic carbocycles. The first kappa shape index (κ1) is 26.2. The number of carbonyl (C=O) groups excluding carboxylic acids is 3. The number of ether oxygens (including phenoxy) is 1. The number of aliphatic hydroxyl groups is 1. The minimum atomic E-state index is -0.641. The first-order valence-electron chi connectivity index (χ1n) is 12.1. The Labute approximate surface area is 206 Å². The van der Waals surface area contributed by atoms with E-state index in [1.807, 2.05) is 72.8 Å². The summed E-state index contributed by atoms with van der Waals surface area (Å²) in [7, 11) is 0. The topological polar surface area (TPSA) is 105 Å². The molecular weight excluding hydrogens is 444 g/mol. The second kappa shape index (κ2) is 13.4. The largest absolute Gasteiger partial charge is 0.455 e. The van der Waals surface area contributed by atoms with Crippen LogP contribution in [0.3, 0.4) is 0 Å². The van der Waals surface area contributed by atoms with Gasteiger partial charge in [0.1, 0.15) is 6.10 Å². The number of allylic oxidation sites excluding steroid dienone is 2. The number of carbonyl (C=O) groups is 3. The molecule has 0 spiro atoms. The van der Waals surface area contributed by atoms with E-state index in [1.165, 1.54) is 0 Å². The van der Waals surface area contributed by atoms with Crippen molar-refractivity contribution in [1.82, 2.24) is 10.6 Å². The van der Waals surface area contributed by atoms with Crippen LogP contribution in [0.5, 0.6) is 0 Å². The zero-order valence-electron chi connectivity index (χ0n) is 20.1. The van der Waals surface area contributed by atoms with Crippen molar-refractivity contribution >= 4 is 17.8 Å². The second-order valence-corrected chi connectivity index (χ2v) is 8.96. The van der Waals surface area contributed by atoms with E-state index >= 15 is 0 Å². The summed E-state index contributed by atoms with van der Waals surface area (Å²) in [5.74, 6) is -1.82. The van der Waals surface area contributed by atoms with Crippen LogP contribution < -0.4 is 10.6 Å². The van der Waals surface area contributed by atoms with Crippen LogP contribution in [0.4, 0.5) is 0 Å².